The van der Waals surface area contributed by atoms with E-state index >= 15 is 0 Å². The zero-order chi connectivity index (χ0) is 20.7. The average molecular weight is 453 g/mol. The van der Waals surface area contributed by atoms with Gasteiger partial charge in [-0.05, 0) is 37.4 Å². The molecular weight excluding hydrogens is 430 g/mol. The highest BCUT2D eigenvalue weighted by atomic mass is 35.5. The normalized spacial score (nSPS) is 12.8. The van der Waals surface area contributed by atoms with E-state index in [2.05, 4.69) is 17.2 Å². The molecule has 156 valence electrons. The number of rotatable bonds is 11. The molecule has 0 amide bonds. The van der Waals surface area contributed by atoms with E-state index in [0.717, 1.165) is 44.0 Å². The number of nitrogens with two attached hydrogens (primary N) is 1. The highest BCUT2D eigenvalue weighted by Crippen LogP contribution is 2.30. The van der Waals surface area contributed by atoms with Crippen LogP contribution in [-0.4, -0.2) is 26.5 Å². The Morgan fingerprint density at radius 1 is 1.29 bits per heavy atom. The Labute approximate surface area is 172 Å². The SMILES string of the molecule is C[C@H](CN)CCCCCNc1cc(F)c(S(=O)(=O)Nc2ncc(F)s2)cc1Cl. The maximum absolute atomic E-state index is 14.4. The smallest absolute Gasteiger partial charge is 0.266 e. The lowest BCUT2D eigenvalue weighted by molar-refractivity contribution is 0.502. The predicted molar refractivity (Wildman–Crippen MR) is 109 cm³/mol. The number of sulfonamides is 1. The van der Waals surface area contributed by atoms with E-state index in [1.54, 1.807) is 0 Å². The molecule has 28 heavy (non-hydrogen) atoms. The summed E-state index contributed by atoms with van der Waals surface area (Å²) in [5, 5.41) is 2.23. The Kier molecular flexibility index (Phi) is 8.41. The number of unbranched alkanes of at least 4 members (excludes halogenated alkanes) is 2. The van der Waals surface area contributed by atoms with Gasteiger partial charge in [-0.2, -0.15) is 4.39 Å². The van der Waals surface area contributed by atoms with Gasteiger partial charge in [0.2, 0.25) is 0 Å². The monoisotopic (exact) mass is 452 g/mol. The van der Waals surface area contributed by atoms with Gasteiger partial charge in [0.05, 0.1) is 16.9 Å². The molecule has 0 saturated carbocycles. The fraction of sp³-hybridized carbons (Fsp3) is 0.471. The van der Waals surface area contributed by atoms with E-state index in [4.69, 9.17) is 17.3 Å². The highest BCUT2D eigenvalue weighted by molar-refractivity contribution is 7.93. The van der Waals surface area contributed by atoms with Gasteiger partial charge in [-0.1, -0.05) is 42.7 Å². The highest BCUT2D eigenvalue weighted by Gasteiger charge is 2.23. The quantitative estimate of drug-likeness (QED) is 0.438. The third kappa shape index (κ3) is 6.54. The molecule has 11 heteroatoms. The molecule has 0 unspecified atom stereocenters. The van der Waals surface area contributed by atoms with Crippen LogP contribution in [0.2, 0.25) is 5.02 Å². The standard InChI is InChI=1S/C17H23ClF2N4O2S2/c1-11(9-21)5-3-2-4-6-22-14-8-13(19)15(7-12(14)18)28(25,26)24-17-23-10-16(20)27-17/h7-8,10-11,22H,2-6,9,21H2,1H3,(H,23,24)/t11-/m0/s1. The zero-order valence-electron chi connectivity index (χ0n) is 15.3. The van der Waals surface area contributed by atoms with Crippen LogP contribution in [0.25, 0.3) is 0 Å². The van der Waals surface area contributed by atoms with Crippen molar-refractivity contribution in [1.29, 1.82) is 0 Å². The summed E-state index contributed by atoms with van der Waals surface area (Å²) in [6, 6.07) is 2.06. The first-order chi connectivity index (χ1) is 13.2. The van der Waals surface area contributed by atoms with Crippen LogP contribution < -0.4 is 15.8 Å². The molecule has 2 aromatic rings. The molecule has 4 N–H and O–H groups in total. The van der Waals surface area contributed by atoms with E-state index < -0.39 is 25.9 Å². The van der Waals surface area contributed by atoms with Crippen molar-refractivity contribution in [3.63, 3.8) is 0 Å². The van der Waals surface area contributed by atoms with E-state index in [1.165, 1.54) is 0 Å². The molecule has 0 saturated heterocycles. The van der Waals surface area contributed by atoms with Gasteiger partial charge in [-0.25, -0.2) is 17.8 Å². The number of hydrogen-bond donors (Lipinski definition) is 3. The molecule has 0 spiro atoms. The number of hydrogen-bond acceptors (Lipinski definition) is 6. The van der Waals surface area contributed by atoms with Crippen LogP contribution >= 0.6 is 22.9 Å². The van der Waals surface area contributed by atoms with Crippen molar-refractivity contribution in [1.82, 2.24) is 4.98 Å². The summed E-state index contributed by atoms with van der Waals surface area (Å²) in [7, 11) is -4.28. The van der Waals surface area contributed by atoms with E-state index in [1.807, 2.05) is 4.72 Å². The first kappa shape index (κ1) is 22.8. The maximum atomic E-state index is 14.4. The van der Waals surface area contributed by atoms with Crippen LogP contribution in [0.1, 0.15) is 32.6 Å². The van der Waals surface area contributed by atoms with Gasteiger partial charge >= 0.3 is 0 Å². The summed E-state index contributed by atoms with van der Waals surface area (Å²) >= 11 is 6.61. The molecule has 0 fully saturated rings. The molecule has 1 heterocycles. The third-order valence-electron chi connectivity index (χ3n) is 4.10. The lowest BCUT2D eigenvalue weighted by Crippen LogP contribution is -2.15. The van der Waals surface area contributed by atoms with Gasteiger partial charge in [0.1, 0.15) is 10.7 Å². The molecule has 0 aliphatic heterocycles. The summed E-state index contributed by atoms with van der Waals surface area (Å²) in [6.45, 7) is 3.36. The Morgan fingerprint density at radius 2 is 2.04 bits per heavy atom. The summed E-state index contributed by atoms with van der Waals surface area (Å²) in [4.78, 5) is 2.93. The first-order valence-corrected chi connectivity index (χ1v) is 11.5. The van der Waals surface area contributed by atoms with Crippen LogP contribution in [-0.2, 0) is 10.0 Å². The molecule has 1 aromatic carbocycles. The lowest BCUT2D eigenvalue weighted by Gasteiger charge is -2.12. The van der Waals surface area contributed by atoms with E-state index in [9.17, 15) is 17.2 Å². The van der Waals surface area contributed by atoms with Crippen molar-refractivity contribution in [2.45, 2.75) is 37.5 Å². The predicted octanol–water partition coefficient (Wildman–Crippen LogP) is 4.44. The lowest BCUT2D eigenvalue weighted by atomic mass is 10.0. The second kappa shape index (κ2) is 10.3. The summed E-state index contributed by atoms with van der Waals surface area (Å²) in [5.41, 5.74) is 5.89. The molecule has 0 aliphatic rings. The van der Waals surface area contributed by atoms with Crippen LogP contribution in [0.5, 0.6) is 0 Å². The van der Waals surface area contributed by atoms with Gasteiger partial charge in [-0.3, -0.25) is 4.72 Å². The maximum Gasteiger partial charge on any atom is 0.266 e. The average Bonchev–Trinajstić information content (AvgIpc) is 3.03. The molecular formula is C17H23ClF2N4O2S2. The number of halogens is 3. The Balaban J connectivity index is 1.96. The minimum absolute atomic E-state index is 0.0730. The van der Waals surface area contributed by atoms with Crippen molar-refractivity contribution < 1.29 is 17.2 Å². The second-order valence-corrected chi connectivity index (χ2v) is 9.49. The molecule has 1 aromatic heterocycles. The first-order valence-electron chi connectivity index (χ1n) is 8.80. The van der Waals surface area contributed by atoms with Crippen molar-refractivity contribution in [3.8, 4) is 0 Å². The van der Waals surface area contributed by atoms with Gasteiger partial charge < -0.3 is 11.1 Å². The van der Waals surface area contributed by atoms with Crippen molar-refractivity contribution in [2.24, 2.45) is 11.7 Å². The minimum Gasteiger partial charge on any atom is -0.384 e. The summed E-state index contributed by atoms with van der Waals surface area (Å²) < 4.78 is 54.0. The molecule has 0 bridgehead atoms. The molecule has 2 rings (SSSR count). The van der Waals surface area contributed by atoms with Crippen LogP contribution in [0.3, 0.4) is 0 Å². The topological polar surface area (TPSA) is 97.1 Å². The largest absolute Gasteiger partial charge is 0.384 e. The van der Waals surface area contributed by atoms with E-state index in [-0.39, 0.29) is 10.2 Å². The van der Waals surface area contributed by atoms with Gasteiger partial charge in [0.15, 0.2) is 10.3 Å². The van der Waals surface area contributed by atoms with Crippen LogP contribution in [0, 0.1) is 16.9 Å². The molecule has 0 radical (unpaired) electrons. The fourth-order valence-corrected chi connectivity index (χ4v) is 4.64. The second-order valence-electron chi connectivity index (χ2n) is 6.45. The van der Waals surface area contributed by atoms with Gasteiger partial charge in [-0.15, -0.1) is 0 Å². The van der Waals surface area contributed by atoms with E-state index in [0.29, 0.717) is 36.0 Å². The van der Waals surface area contributed by atoms with Gasteiger partial charge in [0, 0.05) is 6.54 Å². The number of aromatic nitrogens is 1. The van der Waals surface area contributed by atoms with Crippen molar-refractivity contribution in [3.05, 3.63) is 34.3 Å². The summed E-state index contributed by atoms with van der Waals surface area (Å²) in [5.74, 6) is -0.464. The van der Waals surface area contributed by atoms with Crippen LogP contribution in [0.15, 0.2) is 23.2 Å². The van der Waals surface area contributed by atoms with Crippen molar-refractivity contribution >= 4 is 43.8 Å². The third-order valence-corrected chi connectivity index (χ3v) is 6.60. The van der Waals surface area contributed by atoms with Crippen LogP contribution in [0.4, 0.5) is 19.6 Å². The number of anilines is 2. The van der Waals surface area contributed by atoms with Crippen molar-refractivity contribution in [2.75, 3.05) is 23.1 Å². The van der Waals surface area contributed by atoms with Gasteiger partial charge in [0.25, 0.3) is 10.0 Å². The Bertz CT molecular complexity index is 893. The summed E-state index contributed by atoms with van der Waals surface area (Å²) in [6.07, 6.45) is 4.86. The number of thiazole rings is 1. The number of benzene rings is 1. The molecule has 1 atom stereocenters. The number of nitrogens with zero attached hydrogens (tertiary/aromatic N) is 1. The Morgan fingerprint density at radius 3 is 2.68 bits per heavy atom. The fourth-order valence-electron chi connectivity index (χ4n) is 2.48. The molecule has 6 nitrogen and oxygen atoms in total. The minimum atomic E-state index is -4.28. The molecule has 0 aliphatic carbocycles. The zero-order valence-corrected chi connectivity index (χ0v) is 17.7. The Hall–Kier alpha value is -1.49. The number of nitrogens with one attached hydrogen (secondary N) is 2.